The van der Waals surface area contributed by atoms with Gasteiger partial charge in [0.25, 0.3) is 5.91 Å². The molecule has 0 saturated carbocycles. The van der Waals surface area contributed by atoms with E-state index >= 15 is 0 Å². The maximum Gasteiger partial charge on any atom is 0.449 e. The molecule has 0 spiro atoms. The van der Waals surface area contributed by atoms with Crippen LogP contribution in [-0.2, 0) is 29.5 Å². The monoisotopic (exact) mass is 573 g/mol. The molecule has 0 aliphatic carbocycles. The van der Waals surface area contributed by atoms with E-state index in [1.807, 2.05) is 36.4 Å². The van der Waals surface area contributed by atoms with Gasteiger partial charge in [-0.25, -0.2) is 9.97 Å². The molecule has 0 aliphatic rings. The van der Waals surface area contributed by atoms with Gasteiger partial charge in [-0.05, 0) is 60.4 Å². The van der Waals surface area contributed by atoms with Gasteiger partial charge >= 0.3 is 12.1 Å². The topological polar surface area (TPSA) is 96.5 Å². The first kappa shape index (κ1) is 28.5. The second-order valence-electron chi connectivity index (χ2n) is 10.4. The number of carbonyl (C=O) groups excluding carboxylic acids is 1. The Hall–Kier alpha value is -4.99. The molecule has 2 aromatic heterocycles. The summed E-state index contributed by atoms with van der Waals surface area (Å²) in [6.45, 7) is 3.16. The molecule has 0 saturated heterocycles. The lowest BCUT2D eigenvalue weighted by atomic mass is 9.83. The van der Waals surface area contributed by atoms with E-state index < -0.39 is 29.2 Å². The molecule has 214 valence electrons. The molecule has 1 amide bonds. The number of benzene rings is 3. The van der Waals surface area contributed by atoms with E-state index in [9.17, 15) is 27.9 Å². The van der Waals surface area contributed by atoms with E-state index in [1.165, 1.54) is 23.5 Å². The average Bonchev–Trinajstić information content (AvgIpc) is 3.46. The van der Waals surface area contributed by atoms with Gasteiger partial charge in [-0.3, -0.25) is 9.59 Å². The van der Waals surface area contributed by atoms with Crippen molar-refractivity contribution in [3.63, 3.8) is 0 Å². The van der Waals surface area contributed by atoms with Gasteiger partial charge in [0.2, 0.25) is 5.76 Å². The molecule has 0 fully saturated rings. The van der Waals surface area contributed by atoms with Crippen LogP contribution in [0.4, 0.5) is 13.2 Å². The first-order valence-corrected chi connectivity index (χ1v) is 13.0. The standard InChI is InChI=1S/C32H26F3N3O4/c1-31(2,30(40)41)23-6-3-5-22(15-23)21-11-9-20(10-12-21)17-38(18-24-13-14-28(42-24)32(33,34)35)29(39)25-7-4-8-27-26(25)16-36-19-37-27/h3-16,19H,17-18H2,1-2H3,(H,40,41). The summed E-state index contributed by atoms with van der Waals surface area (Å²) in [5, 5.41) is 10.1. The zero-order valence-electron chi connectivity index (χ0n) is 22.7. The number of carbonyl (C=O) groups is 2. The Balaban J connectivity index is 1.45. The van der Waals surface area contributed by atoms with Crippen LogP contribution in [0.1, 0.15) is 46.9 Å². The summed E-state index contributed by atoms with van der Waals surface area (Å²) in [4.78, 5) is 35.2. The number of hydrogen-bond acceptors (Lipinski definition) is 5. The third-order valence-corrected chi connectivity index (χ3v) is 7.14. The van der Waals surface area contributed by atoms with E-state index in [4.69, 9.17) is 4.42 Å². The molecule has 0 unspecified atom stereocenters. The van der Waals surface area contributed by atoms with Crippen LogP contribution in [0, 0.1) is 0 Å². The minimum atomic E-state index is -4.65. The Morgan fingerprint density at radius 1 is 0.905 bits per heavy atom. The van der Waals surface area contributed by atoms with E-state index in [2.05, 4.69) is 9.97 Å². The number of alkyl halides is 3. The van der Waals surface area contributed by atoms with Gasteiger partial charge in [0, 0.05) is 18.1 Å². The fourth-order valence-corrected chi connectivity index (χ4v) is 4.60. The van der Waals surface area contributed by atoms with Crippen molar-refractivity contribution >= 4 is 22.8 Å². The number of carboxylic acids is 1. The SMILES string of the molecule is CC(C)(C(=O)O)c1cccc(-c2ccc(CN(Cc3ccc(C(F)(F)F)o3)C(=O)c3cccc4ncncc34)cc2)c1. The lowest BCUT2D eigenvalue weighted by Gasteiger charge is -2.23. The van der Waals surface area contributed by atoms with Crippen molar-refractivity contribution in [2.45, 2.75) is 38.5 Å². The molecule has 7 nitrogen and oxygen atoms in total. The van der Waals surface area contributed by atoms with Gasteiger partial charge in [0.15, 0.2) is 0 Å². The van der Waals surface area contributed by atoms with Crippen molar-refractivity contribution in [1.82, 2.24) is 14.9 Å². The largest absolute Gasteiger partial charge is 0.481 e. The van der Waals surface area contributed by atoms with Gasteiger partial charge in [0.1, 0.15) is 12.1 Å². The molecular weight excluding hydrogens is 547 g/mol. The molecule has 0 bridgehead atoms. The molecule has 0 radical (unpaired) electrons. The highest BCUT2D eigenvalue weighted by Crippen LogP contribution is 2.32. The zero-order chi connectivity index (χ0) is 30.1. The van der Waals surface area contributed by atoms with Gasteiger partial charge in [0.05, 0.1) is 23.0 Å². The lowest BCUT2D eigenvalue weighted by Crippen LogP contribution is -2.30. The van der Waals surface area contributed by atoms with Gasteiger partial charge in [-0.2, -0.15) is 13.2 Å². The third kappa shape index (κ3) is 5.88. The summed E-state index contributed by atoms with van der Waals surface area (Å²) >= 11 is 0. The maximum atomic E-state index is 13.8. The molecule has 0 aliphatic heterocycles. The van der Waals surface area contributed by atoms with Crippen molar-refractivity contribution < 1.29 is 32.3 Å². The van der Waals surface area contributed by atoms with Crippen LogP contribution in [0.5, 0.6) is 0 Å². The predicted octanol–water partition coefficient (Wildman–Crippen LogP) is 7.11. The number of rotatable bonds is 8. The lowest BCUT2D eigenvalue weighted by molar-refractivity contribution is -0.153. The Kier molecular flexibility index (Phi) is 7.55. The first-order chi connectivity index (χ1) is 19.9. The molecular formula is C32H26F3N3O4. The summed E-state index contributed by atoms with van der Waals surface area (Å²) < 4.78 is 44.6. The number of fused-ring (bicyclic) bond motifs is 1. The average molecular weight is 574 g/mol. The normalized spacial score (nSPS) is 11.9. The molecule has 0 atom stereocenters. The summed E-state index contributed by atoms with van der Waals surface area (Å²) in [5.41, 5.74) is 2.86. The first-order valence-electron chi connectivity index (χ1n) is 13.0. The Labute approximate surface area is 239 Å². The third-order valence-electron chi connectivity index (χ3n) is 7.14. The summed E-state index contributed by atoms with van der Waals surface area (Å²) in [7, 11) is 0. The fraction of sp³-hybridized carbons (Fsp3) is 0.188. The molecule has 5 rings (SSSR count). The van der Waals surface area contributed by atoms with Crippen LogP contribution in [-0.4, -0.2) is 31.9 Å². The number of carboxylic acid groups (broad SMARTS) is 1. The van der Waals surface area contributed by atoms with E-state index in [1.54, 1.807) is 44.2 Å². The smallest absolute Gasteiger partial charge is 0.449 e. The van der Waals surface area contributed by atoms with Crippen LogP contribution in [0.15, 0.2) is 95.8 Å². The van der Waals surface area contributed by atoms with Crippen molar-refractivity contribution in [3.05, 3.63) is 120 Å². The van der Waals surface area contributed by atoms with Crippen LogP contribution >= 0.6 is 0 Å². The number of amides is 1. The zero-order valence-corrected chi connectivity index (χ0v) is 22.7. The van der Waals surface area contributed by atoms with Crippen LogP contribution < -0.4 is 0 Å². The Morgan fingerprint density at radius 2 is 1.64 bits per heavy atom. The predicted molar refractivity (Wildman–Crippen MR) is 149 cm³/mol. The van der Waals surface area contributed by atoms with Gasteiger partial charge < -0.3 is 14.4 Å². The van der Waals surface area contributed by atoms with Crippen LogP contribution in [0.25, 0.3) is 22.0 Å². The number of aliphatic carboxylic acids is 1. The number of halogens is 3. The van der Waals surface area contributed by atoms with Gasteiger partial charge in [-0.1, -0.05) is 54.6 Å². The minimum Gasteiger partial charge on any atom is -0.481 e. The second kappa shape index (κ2) is 11.1. The highest BCUT2D eigenvalue weighted by molar-refractivity contribution is 6.05. The molecule has 3 aromatic carbocycles. The maximum absolute atomic E-state index is 13.8. The van der Waals surface area contributed by atoms with Crippen molar-refractivity contribution in [3.8, 4) is 11.1 Å². The van der Waals surface area contributed by atoms with Crippen LogP contribution in [0.3, 0.4) is 0 Å². The summed E-state index contributed by atoms with van der Waals surface area (Å²) in [6.07, 6.45) is -1.75. The highest BCUT2D eigenvalue weighted by Gasteiger charge is 2.35. The van der Waals surface area contributed by atoms with E-state index in [-0.39, 0.29) is 18.8 Å². The van der Waals surface area contributed by atoms with Crippen molar-refractivity contribution in [2.24, 2.45) is 0 Å². The molecule has 10 heteroatoms. The Morgan fingerprint density at radius 3 is 2.33 bits per heavy atom. The molecule has 42 heavy (non-hydrogen) atoms. The minimum absolute atomic E-state index is 0.0124. The quantitative estimate of drug-likeness (QED) is 0.212. The summed E-state index contributed by atoms with van der Waals surface area (Å²) in [5.74, 6) is -2.51. The highest BCUT2D eigenvalue weighted by atomic mass is 19.4. The summed E-state index contributed by atoms with van der Waals surface area (Å²) in [6, 6.07) is 21.7. The van der Waals surface area contributed by atoms with Crippen LogP contribution in [0.2, 0.25) is 0 Å². The number of furan rings is 1. The fourth-order valence-electron chi connectivity index (χ4n) is 4.60. The number of aromatic nitrogens is 2. The Bertz CT molecular complexity index is 1760. The van der Waals surface area contributed by atoms with E-state index in [0.29, 0.717) is 22.0 Å². The molecule has 2 heterocycles. The van der Waals surface area contributed by atoms with Crippen molar-refractivity contribution in [2.75, 3.05) is 0 Å². The van der Waals surface area contributed by atoms with Gasteiger partial charge in [-0.15, -0.1) is 0 Å². The number of nitrogens with zero attached hydrogens (tertiary/aromatic N) is 3. The number of hydrogen-bond donors (Lipinski definition) is 1. The van der Waals surface area contributed by atoms with Crippen molar-refractivity contribution in [1.29, 1.82) is 0 Å². The second-order valence-corrected chi connectivity index (χ2v) is 10.4. The molecule has 5 aromatic rings. The molecule has 1 N–H and O–H groups in total. The van der Waals surface area contributed by atoms with E-state index in [0.717, 1.165) is 22.8 Å².